The third-order valence-corrected chi connectivity index (χ3v) is 4.91. The van der Waals surface area contributed by atoms with Crippen molar-refractivity contribution in [3.63, 3.8) is 0 Å². The van der Waals surface area contributed by atoms with Crippen molar-refractivity contribution in [1.29, 1.82) is 0 Å². The van der Waals surface area contributed by atoms with Crippen LogP contribution >= 0.6 is 0 Å². The van der Waals surface area contributed by atoms with Gasteiger partial charge in [-0.3, -0.25) is 4.79 Å². The summed E-state index contributed by atoms with van der Waals surface area (Å²) in [4.78, 5) is 21.9. The van der Waals surface area contributed by atoms with Gasteiger partial charge < -0.3 is 14.9 Å². The van der Waals surface area contributed by atoms with E-state index in [1.54, 1.807) is 12.1 Å². The van der Waals surface area contributed by atoms with Crippen LogP contribution in [-0.2, 0) is 16.0 Å². The van der Waals surface area contributed by atoms with Gasteiger partial charge in [0.25, 0.3) is 0 Å². The zero-order valence-corrected chi connectivity index (χ0v) is 17.0. The van der Waals surface area contributed by atoms with Gasteiger partial charge in [-0.15, -0.1) is 0 Å². The van der Waals surface area contributed by atoms with Crippen molar-refractivity contribution in [2.75, 3.05) is 6.61 Å². The highest BCUT2D eigenvalue weighted by molar-refractivity contribution is 5.76. The van der Waals surface area contributed by atoms with E-state index in [2.05, 4.69) is 44.2 Å². The van der Waals surface area contributed by atoms with Crippen LogP contribution in [0.3, 0.4) is 0 Å². The molecule has 0 amide bonds. The topological polar surface area (TPSA) is 83.8 Å². The van der Waals surface area contributed by atoms with Crippen LogP contribution < -0.4 is 4.74 Å². The van der Waals surface area contributed by atoms with E-state index in [9.17, 15) is 9.59 Å². The Morgan fingerprint density at radius 1 is 0.833 bits per heavy atom. The first-order chi connectivity index (χ1) is 14.3. The van der Waals surface area contributed by atoms with Crippen molar-refractivity contribution in [2.45, 2.75) is 26.7 Å². The van der Waals surface area contributed by atoms with Crippen LogP contribution in [0.5, 0.6) is 5.75 Å². The highest BCUT2D eigenvalue weighted by Crippen LogP contribution is 2.33. The molecule has 3 aromatic rings. The minimum absolute atomic E-state index is 0.0181. The largest absolute Gasteiger partial charge is 0.482 e. The molecule has 0 heterocycles. The van der Waals surface area contributed by atoms with Gasteiger partial charge in [0.15, 0.2) is 6.61 Å². The minimum Gasteiger partial charge on any atom is -0.482 e. The molecule has 5 heteroatoms. The van der Waals surface area contributed by atoms with Gasteiger partial charge in [0.05, 0.1) is 0 Å². The number of hydrogen-bond acceptors (Lipinski definition) is 3. The van der Waals surface area contributed by atoms with E-state index in [4.69, 9.17) is 14.9 Å². The van der Waals surface area contributed by atoms with Crippen molar-refractivity contribution in [3.05, 3.63) is 77.4 Å². The number of rotatable bonds is 8. The number of carboxylic acid groups (broad SMARTS) is 2. The zero-order valence-electron chi connectivity index (χ0n) is 17.0. The van der Waals surface area contributed by atoms with Crippen LogP contribution in [0.15, 0.2) is 60.7 Å². The number of aryl methyl sites for hydroxylation is 3. The van der Waals surface area contributed by atoms with E-state index in [1.807, 2.05) is 18.2 Å². The number of ether oxygens (including phenoxy) is 1. The second kappa shape index (κ2) is 9.27. The summed E-state index contributed by atoms with van der Waals surface area (Å²) in [5.74, 6) is -1.54. The number of hydrogen-bond donors (Lipinski definition) is 2. The van der Waals surface area contributed by atoms with Crippen molar-refractivity contribution < 1.29 is 24.5 Å². The molecule has 0 radical (unpaired) electrons. The number of carboxylic acids is 2. The standard InChI is InChI=1S/C25H24O5/c1-16-4-3-5-18(12-16)22-9-6-19(13-17(22)2)23-10-8-21(30-15-25(28)29)14-20(23)7-11-24(26)27/h3-6,8-10,12-14H,7,11,15H2,1-2H3,(H,26,27)(H,28,29). The first-order valence-corrected chi connectivity index (χ1v) is 9.71. The Morgan fingerprint density at radius 2 is 1.57 bits per heavy atom. The van der Waals surface area contributed by atoms with Crippen LogP contribution in [0, 0.1) is 13.8 Å². The molecule has 0 unspecified atom stereocenters. The minimum atomic E-state index is -1.06. The van der Waals surface area contributed by atoms with Gasteiger partial charge in [-0.1, -0.05) is 54.1 Å². The van der Waals surface area contributed by atoms with Gasteiger partial charge in [0.1, 0.15) is 5.75 Å². The van der Waals surface area contributed by atoms with E-state index in [1.165, 1.54) is 5.56 Å². The Labute approximate surface area is 175 Å². The molecule has 2 N–H and O–H groups in total. The van der Waals surface area contributed by atoms with E-state index >= 15 is 0 Å². The van der Waals surface area contributed by atoms with Crippen LogP contribution in [-0.4, -0.2) is 28.8 Å². The van der Waals surface area contributed by atoms with Gasteiger partial charge in [0, 0.05) is 6.42 Å². The monoisotopic (exact) mass is 404 g/mol. The molecule has 0 aliphatic carbocycles. The second-order valence-electron chi connectivity index (χ2n) is 7.29. The SMILES string of the molecule is Cc1cccc(-c2ccc(-c3ccc(OCC(=O)O)cc3CCC(=O)O)cc2C)c1. The van der Waals surface area contributed by atoms with Crippen molar-refractivity contribution in [1.82, 2.24) is 0 Å². The maximum atomic E-state index is 11.1. The van der Waals surface area contributed by atoms with Gasteiger partial charge in [-0.2, -0.15) is 0 Å². The quantitative estimate of drug-likeness (QED) is 0.544. The predicted octanol–water partition coefficient (Wildman–Crippen LogP) is 5.12. The lowest BCUT2D eigenvalue weighted by atomic mass is 9.92. The number of benzene rings is 3. The third kappa shape index (κ3) is 5.26. The molecule has 3 aromatic carbocycles. The lowest BCUT2D eigenvalue weighted by Gasteiger charge is -2.14. The Morgan fingerprint density at radius 3 is 2.23 bits per heavy atom. The summed E-state index contributed by atoms with van der Waals surface area (Å²) >= 11 is 0. The number of aliphatic carboxylic acids is 2. The van der Waals surface area contributed by atoms with E-state index < -0.39 is 18.5 Å². The van der Waals surface area contributed by atoms with Crippen molar-refractivity contribution >= 4 is 11.9 Å². The fraction of sp³-hybridized carbons (Fsp3) is 0.200. The van der Waals surface area contributed by atoms with Gasteiger partial charge in [0.2, 0.25) is 0 Å². The normalized spacial score (nSPS) is 10.6. The third-order valence-electron chi connectivity index (χ3n) is 4.91. The average Bonchev–Trinajstić information content (AvgIpc) is 2.70. The molecule has 3 rings (SSSR count). The molecule has 0 atom stereocenters. The Balaban J connectivity index is 1.97. The summed E-state index contributed by atoms with van der Waals surface area (Å²) in [5.41, 5.74) is 7.32. The van der Waals surface area contributed by atoms with Gasteiger partial charge in [-0.05, 0) is 65.8 Å². The molecule has 0 spiro atoms. The first kappa shape index (κ1) is 21.1. The summed E-state index contributed by atoms with van der Waals surface area (Å²) in [6.07, 6.45) is 0.309. The molecule has 30 heavy (non-hydrogen) atoms. The van der Waals surface area contributed by atoms with Crippen LogP contribution in [0.1, 0.15) is 23.1 Å². The summed E-state index contributed by atoms with van der Waals surface area (Å²) < 4.78 is 5.27. The second-order valence-corrected chi connectivity index (χ2v) is 7.29. The summed E-state index contributed by atoms with van der Waals surface area (Å²) in [7, 11) is 0. The predicted molar refractivity (Wildman–Crippen MR) is 116 cm³/mol. The smallest absolute Gasteiger partial charge is 0.341 e. The molecule has 154 valence electrons. The molecule has 0 aliphatic rings. The molecule has 0 aliphatic heterocycles. The Kier molecular flexibility index (Phi) is 6.52. The summed E-state index contributed by atoms with van der Waals surface area (Å²) in [5, 5.41) is 17.9. The van der Waals surface area contributed by atoms with Crippen molar-refractivity contribution in [3.8, 4) is 28.0 Å². The molecule has 0 fully saturated rings. The lowest BCUT2D eigenvalue weighted by Crippen LogP contribution is -2.09. The van der Waals surface area contributed by atoms with Crippen LogP contribution in [0.4, 0.5) is 0 Å². The molecule has 0 aromatic heterocycles. The van der Waals surface area contributed by atoms with Crippen LogP contribution in [0.2, 0.25) is 0 Å². The summed E-state index contributed by atoms with van der Waals surface area (Å²) in [6, 6.07) is 19.8. The molecular weight excluding hydrogens is 380 g/mol. The maximum Gasteiger partial charge on any atom is 0.341 e. The Bertz CT molecular complexity index is 1080. The van der Waals surface area contributed by atoms with Crippen molar-refractivity contribution in [2.24, 2.45) is 0 Å². The molecule has 0 bridgehead atoms. The average molecular weight is 404 g/mol. The Hall–Kier alpha value is -3.60. The van der Waals surface area contributed by atoms with E-state index in [-0.39, 0.29) is 6.42 Å². The highest BCUT2D eigenvalue weighted by atomic mass is 16.5. The molecule has 0 saturated heterocycles. The maximum absolute atomic E-state index is 11.1. The fourth-order valence-corrected chi connectivity index (χ4v) is 3.50. The molecule has 5 nitrogen and oxygen atoms in total. The first-order valence-electron chi connectivity index (χ1n) is 9.71. The molecule has 0 saturated carbocycles. The molecular formula is C25H24O5. The number of carbonyl (C=O) groups is 2. The fourth-order valence-electron chi connectivity index (χ4n) is 3.50. The summed E-state index contributed by atoms with van der Waals surface area (Å²) in [6.45, 7) is 3.68. The van der Waals surface area contributed by atoms with Crippen LogP contribution in [0.25, 0.3) is 22.3 Å². The van der Waals surface area contributed by atoms with Gasteiger partial charge >= 0.3 is 11.9 Å². The lowest BCUT2D eigenvalue weighted by molar-refractivity contribution is -0.139. The highest BCUT2D eigenvalue weighted by Gasteiger charge is 2.12. The van der Waals surface area contributed by atoms with E-state index in [0.29, 0.717) is 12.2 Å². The van der Waals surface area contributed by atoms with E-state index in [0.717, 1.165) is 33.4 Å². The zero-order chi connectivity index (χ0) is 21.7. The van der Waals surface area contributed by atoms with Gasteiger partial charge in [-0.25, -0.2) is 4.79 Å².